The number of nitrogens with zero attached hydrogens (tertiary/aromatic N) is 3. The van der Waals surface area contributed by atoms with Crippen molar-refractivity contribution in [2.75, 3.05) is 45.8 Å². The van der Waals surface area contributed by atoms with Crippen LogP contribution in [0.5, 0.6) is 0 Å². The Morgan fingerprint density at radius 3 is 2.06 bits per heavy atom. The van der Waals surface area contributed by atoms with Gasteiger partial charge in [-0.2, -0.15) is 26.3 Å². The number of piperazine rings is 1. The number of hydrogen-bond donors (Lipinski definition) is 0. The van der Waals surface area contributed by atoms with E-state index < -0.39 is 66.0 Å². The average Bonchev–Trinajstić information content (AvgIpc) is 3.48. The number of alkyl halides is 8. The zero-order chi connectivity index (χ0) is 26.5. The van der Waals surface area contributed by atoms with Crippen LogP contribution >= 0.6 is 0 Å². The number of hydrogen-bond acceptors (Lipinski definition) is 3. The van der Waals surface area contributed by atoms with Crippen molar-refractivity contribution in [1.29, 1.82) is 0 Å². The van der Waals surface area contributed by atoms with Crippen LogP contribution in [0.3, 0.4) is 0 Å². The van der Waals surface area contributed by atoms with E-state index in [9.17, 15) is 31.1 Å². The molecule has 1 amide bonds. The lowest BCUT2D eigenvalue weighted by Gasteiger charge is -2.34. The molecule has 0 spiro atoms. The molecule has 0 bridgehead atoms. The Labute approximate surface area is 204 Å². The van der Waals surface area contributed by atoms with Crippen LogP contribution in [-0.4, -0.2) is 72.6 Å². The van der Waals surface area contributed by atoms with Crippen molar-refractivity contribution in [3.63, 3.8) is 0 Å². The summed E-state index contributed by atoms with van der Waals surface area (Å²) >= 11 is 0. The van der Waals surface area contributed by atoms with Gasteiger partial charge in [-0.25, -0.2) is 8.78 Å². The molecule has 36 heavy (non-hydrogen) atoms. The maximum Gasteiger partial charge on any atom is 0.416 e. The highest BCUT2D eigenvalue weighted by Gasteiger charge is 2.70. The van der Waals surface area contributed by atoms with Crippen LogP contribution in [-0.2, 0) is 23.4 Å². The molecule has 1 saturated carbocycles. The number of halogens is 8. The van der Waals surface area contributed by atoms with Crippen molar-refractivity contribution in [1.82, 2.24) is 14.7 Å². The van der Waals surface area contributed by atoms with Crippen molar-refractivity contribution in [2.45, 2.75) is 51.0 Å². The Balaban J connectivity index is 1.52. The summed E-state index contributed by atoms with van der Waals surface area (Å²) in [5.41, 5.74) is -4.93. The van der Waals surface area contributed by atoms with Crippen molar-refractivity contribution >= 4 is 5.91 Å². The van der Waals surface area contributed by atoms with Crippen molar-refractivity contribution in [2.24, 2.45) is 11.3 Å². The van der Waals surface area contributed by atoms with Crippen LogP contribution in [0, 0.1) is 11.3 Å². The number of benzene rings is 1. The van der Waals surface area contributed by atoms with E-state index in [2.05, 4.69) is 4.90 Å². The molecular weight excluding hydrogens is 498 g/mol. The Morgan fingerprint density at radius 2 is 1.53 bits per heavy atom. The number of likely N-dealkylation sites (N-methyl/N-ethyl adjacent to an activating group) is 1. The summed E-state index contributed by atoms with van der Waals surface area (Å²) in [5, 5.41) is 0. The molecule has 1 aromatic carbocycles. The highest BCUT2D eigenvalue weighted by atomic mass is 19.4. The van der Waals surface area contributed by atoms with Gasteiger partial charge in [-0.1, -0.05) is 19.1 Å². The molecule has 202 valence electrons. The van der Waals surface area contributed by atoms with Crippen LogP contribution in [0.1, 0.15) is 42.9 Å². The molecule has 1 atom stereocenters. The number of amides is 1. The van der Waals surface area contributed by atoms with Crippen LogP contribution in [0.2, 0.25) is 0 Å². The van der Waals surface area contributed by atoms with Gasteiger partial charge in [0.1, 0.15) is 5.41 Å². The van der Waals surface area contributed by atoms with Crippen molar-refractivity contribution in [3.05, 3.63) is 34.9 Å². The van der Waals surface area contributed by atoms with E-state index in [-0.39, 0.29) is 25.1 Å². The fourth-order valence-electron chi connectivity index (χ4n) is 5.24. The molecule has 3 fully saturated rings. The molecule has 1 aliphatic carbocycles. The molecule has 2 aliphatic heterocycles. The minimum Gasteiger partial charge on any atom is -0.341 e. The second-order valence-corrected chi connectivity index (χ2v) is 10.0. The highest BCUT2D eigenvalue weighted by Crippen LogP contribution is 2.59. The number of rotatable bonds is 6. The van der Waals surface area contributed by atoms with Gasteiger partial charge in [0.2, 0.25) is 5.91 Å². The largest absolute Gasteiger partial charge is 0.416 e. The second kappa shape index (κ2) is 9.41. The Kier molecular flexibility index (Phi) is 7.09. The van der Waals surface area contributed by atoms with Gasteiger partial charge in [-0.05, 0) is 37.4 Å². The number of carbonyl (C=O) groups excluding carboxylic acids is 1. The van der Waals surface area contributed by atoms with Gasteiger partial charge >= 0.3 is 12.4 Å². The Morgan fingerprint density at radius 1 is 0.917 bits per heavy atom. The van der Waals surface area contributed by atoms with Gasteiger partial charge in [0.15, 0.2) is 0 Å². The summed E-state index contributed by atoms with van der Waals surface area (Å²) in [6.45, 7) is 4.86. The summed E-state index contributed by atoms with van der Waals surface area (Å²) in [7, 11) is 0. The average molecular weight is 528 g/mol. The first-order valence-corrected chi connectivity index (χ1v) is 12.1. The lowest BCUT2D eigenvalue weighted by Crippen LogP contribution is -2.45. The quantitative estimate of drug-likeness (QED) is 0.481. The van der Waals surface area contributed by atoms with E-state index in [1.807, 2.05) is 11.8 Å². The van der Waals surface area contributed by atoms with Gasteiger partial charge < -0.3 is 9.80 Å². The molecule has 2 heterocycles. The zero-order valence-electron chi connectivity index (χ0n) is 19.9. The molecule has 0 unspecified atom stereocenters. The zero-order valence-corrected chi connectivity index (χ0v) is 19.9. The molecular formula is C24H29F8N3O. The van der Waals surface area contributed by atoms with E-state index in [0.29, 0.717) is 13.1 Å². The topological polar surface area (TPSA) is 26.8 Å². The van der Waals surface area contributed by atoms with Crippen LogP contribution in [0.15, 0.2) is 18.2 Å². The molecule has 0 aromatic heterocycles. The summed E-state index contributed by atoms with van der Waals surface area (Å²) in [4.78, 5) is 17.4. The third kappa shape index (κ3) is 5.07. The van der Waals surface area contributed by atoms with Crippen molar-refractivity contribution < 1.29 is 39.9 Å². The van der Waals surface area contributed by atoms with Gasteiger partial charge in [-0.15, -0.1) is 0 Å². The number of carbonyl (C=O) groups is 1. The third-order valence-electron chi connectivity index (χ3n) is 7.76. The number of likely N-dealkylation sites (tertiary alicyclic amines) is 1. The minimum absolute atomic E-state index is 0.192. The van der Waals surface area contributed by atoms with E-state index in [0.717, 1.165) is 36.7 Å². The summed E-state index contributed by atoms with van der Waals surface area (Å²) in [6.07, 6.45) is -11.0. The van der Waals surface area contributed by atoms with Crippen molar-refractivity contribution in [3.8, 4) is 0 Å². The Hall–Kier alpha value is -1.95. The first kappa shape index (κ1) is 27.1. The minimum atomic E-state index is -5.04. The molecule has 3 aliphatic rings. The third-order valence-corrected chi connectivity index (χ3v) is 7.76. The van der Waals surface area contributed by atoms with Gasteiger partial charge in [-0.3, -0.25) is 9.69 Å². The highest BCUT2D eigenvalue weighted by molar-refractivity contribution is 5.86. The van der Waals surface area contributed by atoms with Gasteiger partial charge in [0.05, 0.1) is 5.56 Å². The lowest BCUT2D eigenvalue weighted by atomic mass is 9.89. The van der Waals surface area contributed by atoms with Crippen LogP contribution < -0.4 is 0 Å². The fourth-order valence-corrected chi connectivity index (χ4v) is 5.24. The SMILES string of the molecule is CCN1CCN(Cc2ccc(C(F)(F)[C@@H]3CCN(C(=O)C4(C(F)(F)F)CC4)C3)c(C(F)(F)F)c2)CC1. The molecule has 1 aromatic rings. The fraction of sp³-hybridized carbons (Fsp3) is 0.708. The first-order chi connectivity index (χ1) is 16.7. The first-order valence-electron chi connectivity index (χ1n) is 12.1. The summed E-state index contributed by atoms with van der Waals surface area (Å²) < 4.78 is 112. The van der Waals surface area contributed by atoms with Crippen LogP contribution in [0.4, 0.5) is 35.1 Å². The van der Waals surface area contributed by atoms with E-state index in [1.165, 1.54) is 6.07 Å². The molecule has 4 rings (SSSR count). The standard InChI is InChI=1S/C24H29F8N3O/c1-2-33-9-11-34(12-10-33)14-16-3-4-18(19(13-16)23(27,28)29)22(25,26)17-5-8-35(15-17)20(36)21(6-7-21)24(30,31)32/h3-4,13,17H,2,5-12,14-15H2,1H3/t17-/m1/s1. The monoisotopic (exact) mass is 527 g/mol. The molecule has 12 heteroatoms. The second-order valence-electron chi connectivity index (χ2n) is 10.0. The molecule has 2 saturated heterocycles. The summed E-state index contributed by atoms with van der Waals surface area (Å²) in [6, 6.07) is 2.78. The van der Waals surface area contributed by atoms with Crippen LogP contribution in [0.25, 0.3) is 0 Å². The Bertz CT molecular complexity index is 965. The maximum absolute atomic E-state index is 15.4. The predicted octanol–water partition coefficient (Wildman–Crippen LogP) is 5.13. The van der Waals surface area contributed by atoms with E-state index in [4.69, 9.17) is 0 Å². The smallest absolute Gasteiger partial charge is 0.341 e. The summed E-state index contributed by atoms with van der Waals surface area (Å²) in [5.74, 6) is -6.94. The van der Waals surface area contributed by atoms with E-state index >= 15 is 8.78 Å². The molecule has 0 radical (unpaired) electrons. The maximum atomic E-state index is 15.4. The van der Waals surface area contributed by atoms with E-state index in [1.54, 1.807) is 0 Å². The van der Waals surface area contributed by atoms with Gasteiger partial charge in [0, 0.05) is 57.3 Å². The lowest BCUT2D eigenvalue weighted by molar-refractivity contribution is -0.198. The predicted molar refractivity (Wildman–Crippen MR) is 115 cm³/mol. The normalized spacial score (nSPS) is 23.8. The van der Waals surface area contributed by atoms with Gasteiger partial charge in [0.25, 0.3) is 5.92 Å². The molecule has 0 N–H and O–H groups in total. The molecule has 4 nitrogen and oxygen atoms in total.